The van der Waals surface area contributed by atoms with Gasteiger partial charge in [0.25, 0.3) is 0 Å². The number of fused-ring (bicyclic) bond motifs is 1. The highest BCUT2D eigenvalue weighted by Gasteiger charge is 2.34. The highest BCUT2D eigenvalue weighted by molar-refractivity contribution is 7.18. The van der Waals surface area contributed by atoms with Crippen molar-refractivity contribution < 1.29 is 9.53 Å². The molecule has 164 valence electrons. The van der Waals surface area contributed by atoms with E-state index in [-0.39, 0.29) is 17.7 Å². The van der Waals surface area contributed by atoms with E-state index in [0.29, 0.717) is 24.3 Å². The first-order chi connectivity index (χ1) is 15.7. The third-order valence-electron chi connectivity index (χ3n) is 5.94. The van der Waals surface area contributed by atoms with Crippen molar-refractivity contribution in [1.82, 2.24) is 9.88 Å². The first kappa shape index (κ1) is 22.0. The van der Waals surface area contributed by atoms with Crippen LogP contribution in [0.5, 0.6) is 5.75 Å². The fraction of sp³-hybridized carbons (Fsp3) is 0.346. The van der Waals surface area contributed by atoms with Crippen LogP contribution in [0.1, 0.15) is 42.2 Å². The zero-order chi connectivity index (χ0) is 22.3. The van der Waals surface area contributed by atoms with Crippen molar-refractivity contribution in [3.05, 3.63) is 71.8 Å². The number of hydrogen-bond acceptors (Lipinski definition) is 5. The van der Waals surface area contributed by atoms with Gasteiger partial charge in [-0.15, -0.1) is 17.9 Å². The molecular formula is C26H27N3O2S. The van der Waals surface area contributed by atoms with Gasteiger partial charge in [0.2, 0.25) is 5.91 Å². The molecule has 1 saturated heterocycles. The predicted octanol–water partition coefficient (Wildman–Crippen LogP) is 5.54. The summed E-state index contributed by atoms with van der Waals surface area (Å²) in [4.78, 5) is 20.5. The van der Waals surface area contributed by atoms with Gasteiger partial charge in [0.1, 0.15) is 10.8 Å². The molecule has 2 atom stereocenters. The van der Waals surface area contributed by atoms with Crippen LogP contribution in [0.4, 0.5) is 0 Å². The van der Waals surface area contributed by atoms with Crippen molar-refractivity contribution in [1.29, 1.82) is 5.26 Å². The minimum atomic E-state index is -0.354. The third kappa shape index (κ3) is 5.00. The number of thiazole rings is 1. The van der Waals surface area contributed by atoms with Crippen LogP contribution in [0.2, 0.25) is 0 Å². The Morgan fingerprint density at radius 1 is 1.19 bits per heavy atom. The van der Waals surface area contributed by atoms with Crippen LogP contribution in [-0.2, 0) is 4.79 Å². The normalized spacial score (nSPS) is 15.7. The number of hydrogen-bond donors (Lipinski definition) is 0. The van der Waals surface area contributed by atoms with E-state index in [9.17, 15) is 4.79 Å². The summed E-state index contributed by atoms with van der Waals surface area (Å²) in [5.41, 5.74) is 1.53. The summed E-state index contributed by atoms with van der Waals surface area (Å²) in [7, 11) is 0. The average Bonchev–Trinajstić information content (AvgIpc) is 3.27. The van der Waals surface area contributed by atoms with Gasteiger partial charge < -0.3 is 9.64 Å². The van der Waals surface area contributed by atoms with Gasteiger partial charge in [-0.1, -0.05) is 18.2 Å². The number of rotatable bonds is 8. The van der Waals surface area contributed by atoms with Crippen molar-refractivity contribution in [2.75, 3.05) is 19.7 Å². The number of likely N-dealkylation sites (tertiary alicyclic amines) is 1. The Balaban J connectivity index is 1.54. The minimum absolute atomic E-state index is 0.0802. The van der Waals surface area contributed by atoms with Gasteiger partial charge in [-0.05, 0) is 68.0 Å². The molecule has 0 N–H and O–H groups in total. The summed E-state index contributed by atoms with van der Waals surface area (Å²) in [6, 6.07) is 17.2. The Kier molecular flexibility index (Phi) is 7.18. The summed E-state index contributed by atoms with van der Waals surface area (Å²) in [6.45, 7) is 6.13. The lowest BCUT2D eigenvalue weighted by atomic mass is 9.88. The predicted molar refractivity (Wildman–Crippen MR) is 128 cm³/mol. The number of carbonyl (C=O) groups excluding carboxylic acids is 1. The maximum Gasteiger partial charge on any atom is 0.233 e. The minimum Gasteiger partial charge on any atom is -0.494 e. The number of para-hydroxylation sites is 1. The highest BCUT2D eigenvalue weighted by Crippen LogP contribution is 2.36. The van der Waals surface area contributed by atoms with E-state index in [0.717, 1.165) is 41.2 Å². The van der Waals surface area contributed by atoms with Gasteiger partial charge >= 0.3 is 0 Å². The number of ether oxygens (including phenoxy) is 1. The standard InChI is InChI=1S/C26H27N3O2S/c1-2-20(14-17-31-21-12-10-19(18-27)11-13-21)24(26(30)29-15-6-3-7-16-29)25-28-22-8-4-5-9-23(22)32-25/h2,4-5,8-13,20,24H,1,3,6-7,14-17H2/t20-,24+/m1/s1. The van der Waals surface area contributed by atoms with Crippen molar-refractivity contribution in [2.45, 2.75) is 31.6 Å². The second-order valence-corrected chi connectivity index (χ2v) is 9.12. The number of carbonyl (C=O) groups is 1. The maximum atomic E-state index is 13.7. The summed E-state index contributed by atoms with van der Waals surface area (Å²) < 4.78 is 7.00. The second-order valence-electron chi connectivity index (χ2n) is 8.06. The second kappa shape index (κ2) is 10.4. The summed E-state index contributed by atoms with van der Waals surface area (Å²) in [6.07, 6.45) is 5.82. The molecule has 6 heteroatoms. The van der Waals surface area contributed by atoms with E-state index in [1.54, 1.807) is 35.6 Å². The topological polar surface area (TPSA) is 66.2 Å². The monoisotopic (exact) mass is 445 g/mol. The molecule has 0 bridgehead atoms. The Morgan fingerprint density at radius 2 is 1.94 bits per heavy atom. The van der Waals surface area contributed by atoms with Gasteiger partial charge in [0.15, 0.2) is 0 Å². The Bertz CT molecular complexity index is 1080. The van der Waals surface area contributed by atoms with Gasteiger partial charge in [-0.25, -0.2) is 4.98 Å². The molecule has 3 aromatic rings. The maximum absolute atomic E-state index is 13.7. The molecule has 1 aliphatic rings. The fourth-order valence-electron chi connectivity index (χ4n) is 4.17. The molecule has 0 spiro atoms. The summed E-state index contributed by atoms with van der Waals surface area (Å²) in [5.74, 6) is 0.425. The molecule has 0 aliphatic carbocycles. The number of nitriles is 1. The van der Waals surface area contributed by atoms with Crippen LogP contribution in [0, 0.1) is 17.2 Å². The Hall–Kier alpha value is -3.17. The quantitative estimate of drug-likeness (QED) is 0.427. The van der Waals surface area contributed by atoms with Crippen molar-refractivity contribution in [3.63, 3.8) is 0 Å². The zero-order valence-corrected chi connectivity index (χ0v) is 18.9. The first-order valence-corrected chi connectivity index (χ1v) is 11.9. The number of benzene rings is 2. The zero-order valence-electron chi connectivity index (χ0n) is 18.1. The fourth-order valence-corrected chi connectivity index (χ4v) is 5.30. The van der Waals surface area contributed by atoms with Crippen molar-refractivity contribution >= 4 is 27.5 Å². The average molecular weight is 446 g/mol. The van der Waals surface area contributed by atoms with Crippen molar-refractivity contribution in [2.24, 2.45) is 5.92 Å². The lowest BCUT2D eigenvalue weighted by Crippen LogP contribution is -2.41. The lowest BCUT2D eigenvalue weighted by Gasteiger charge is -2.32. The summed E-state index contributed by atoms with van der Waals surface area (Å²) >= 11 is 1.60. The van der Waals surface area contributed by atoms with Crippen LogP contribution >= 0.6 is 11.3 Å². The van der Waals surface area contributed by atoms with Crippen LogP contribution in [0.3, 0.4) is 0 Å². The molecule has 0 saturated carbocycles. The first-order valence-electron chi connectivity index (χ1n) is 11.1. The van der Waals surface area contributed by atoms with Gasteiger partial charge in [0, 0.05) is 13.1 Å². The molecule has 32 heavy (non-hydrogen) atoms. The Morgan fingerprint density at radius 3 is 2.62 bits per heavy atom. The molecule has 1 aliphatic heterocycles. The van der Waals surface area contributed by atoms with E-state index in [1.165, 1.54) is 6.42 Å². The molecule has 1 fully saturated rings. The largest absolute Gasteiger partial charge is 0.494 e. The van der Waals surface area contributed by atoms with Crippen LogP contribution < -0.4 is 4.74 Å². The molecule has 1 amide bonds. The highest BCUT2D eigenvalue weighted by atomic mass is 32.1. The van der Waals surface area contributed by atoms with Gasteiger partial charge in [-0.3, -0.25) is 4.79 Å². The van der Waals surface area contributed by atoms with Crippen LogP contribution in [-0.4, -0.2) is 35.5 Å². The molecule has 2 heterocycles. The Labute approximate surface area is 193 Å². The number of amides is 1. The van der Waals surface area contributed by atoms with Crippen LogP contribution in [0.15, 0.2) is 61.2 Å². The molecule has 2 aromatic carbocycles. The molecule has 0 radical (unpaired) electrons. The van der Waals surface area contributed by atoms with E-state index < -0.39 is 0 Å². The molecule has 5 nitrogen and oxygen atoms in total. The third-order valence-corrected chi connectivity index (χ3v) is 7.06. The van der Waals surface area contributed by atoms with Crippen LogP contribution in [0.25, 0.3) is 10.2 Å². The van der Waals surface area contributed by atoms with E-state index in [2.05, 4.69) is 18.7 Å². The molecule has 0 unspecified atom stereocenters. The molecular weight excluding hydrogens is 418 g/mol. The SMILES string of the molecule is C=C[C@H](CCOc1ccc(C#N)cc1)[C@H](C(=O)N1CCCCC1)c1nc2ccccc2s1. The van der Waals surface area contributed by atoms with E-state index in [1.807, 2.05) is 29.2 Å². The molecule has 1 aromatic heterocycles. The van der Waals surface area contributed by atoms with Gasteiger partial charge in [0.05, 0.1) is 34.4 Å². The number of nitrogens with zero attached hydrogens (tertiary/aromatic N) is 3. The van der Waals surface area contributed by atoms with E-state index in [4.69, 9.17) is 15.0 Å². The number of piperidine rings is 1. The van der Waals surface area contributed by atoms with Gasteiger partial charge in [-0.2, -0.15) is 5.26 Å². The number of aromatic nitrogens is 1. The van der Waals surface area contributed by atoms with E-state index >= 15 is 0 Å². The number of allylic oxidation sites excluding steroid dienone is 1. The molecule has 4 rings (SSSR count). The summed E-state index contributed by atoms with van der Waals surface area (Å²) in [5, 5.41) is 9.80. The van der Waals surface area contributed by atoms with Crippen molar-refractivity contribution in [3.8, 4) is 11.8 Å². The lowest BCUT2D eigenvalue weighted by molar-refractivity contribution is -0.134. The smallest absolute Gasteiger partial charge is 0.233 e.